The van der Waals surface area contributed by atoms with E-state index in [0.29, 0.717) is 6.54 Å². The minimum absolute atomic E-state index is 0.154. The van der Waals surface area contributed by atoms with Gasteiger partial charge in [0.25, 0.3) is 0 Å². The van der Waals surface area contributed by atoms with Gasteiger partial charge in [-0.25, -0.2) is 0 Å². The molecule has 3 rings (SSSR count). The summed E-state index contributed by atoms with van der Waals surface area (Å²) in [6.07, 6.45) is 6.31. The number of amides is 1. The van der Waals surface area contributed by atoms with Crippen molar-refractivity contribution >= 4 is 5.91 Å². The summed E-state index contributed by atoms with van der Waals surface area (Å²) in [7, 11) is 0. The van der Waals surface area contributed by atoms with Gasteiger partial charge >= 0.3 is 0 Å². The number of benzene rings is 1. The van der Waals surface area contributed by atoms with Crippen LogP contribution in [0, 0.1) is 0 Å². The highest BCUT2D eigenvalue weighted by Gasteiger charge is 2.29. The Morgan fingerprint density at radius 1 is 1.24 bits per heavy atom. The normalized spacial score (nSPS) is 16.6. The van der Waals surface area contributed by atoms with Crippen molar-refractivity contribution in [1.29, 1.82) is 0 Å². The first-order valence-electron chi connectivity index (χ1n) is 9.12. The van der Waals surface area contributed by atoms with Gasteiger partial charge in [-0.15, -0.1) is 10.2 Å². The molecular weight excluding hydrogens is 314 g/mol. The van der Waals surface area contributed by atoms with Crippen molar-refractivity contribution in [3.8, 4) is 0 Å². The first-order chi connectivity index (χ1) is 12.1. The van der Waals surface area contributed by atoms with Gasteiger partial charge in [-0.3, -0.25) is 4.79 Å². The fourth-order valence-electron chi connectivity index (χ4n) is 3.28. The average Bonchev–Trinajstić information content (AvgIpc) is 2.85. The highest BCUT2D eigenvalue weighted by Crippen LogP contribution is 2.18. The van der Waals surface area contributed by atoms with Crippen LogP contribution in [0.2, 0.25) is 0 Å². The van der Waals surface area contributed by atoms with Gasteiger partial charge < -0.3 is 15.6 Å². The molecule has 0 saturated heterocycles. The minimum Gasteiger partial charge on any atom is -0.354 e. The molecule has 6 heteroatoms. The van der Waals surface area contributed by atoms with E-state index in [0.717, 1.165) is 43.0 Å². The number of nitrogens with zero attached hydrogens (tertiary/aromatic N) is 3. The van der Waals surface area contributed by atoms with Gasteiger partial charge in [0.05, 0.1) is 0 Å². The van der Waals surface area contributed by atoms with E-state index < -0.39 is 5.54 Å². The van der Waals surface area contributed by atoms with E-state index >= 15 is 0 Å². The smallest absolute Gasteiger partial charge is 0.244 e. The van der Waals surface area contributed by atoms with Crippen LogP contribution in [-0.4, -0.2) is 27.2 Å². The Morgan fingerprint density at radius 3 is 2.84 bits per heavy atom. The molecule has 0 spiro atoms. The summed E-state index contributed by atoms with van der Waals surface area (Å²) in [6.45, 7) is 3.34. The second-order valence-corrected chi connectivity index (χ2v) is 6.92. The van der Waals surface area contributed by atoms with E-state index in [9.17, 15) is 4.79 Å². The third kappa shape index (κ3) is 4.07. The summed E-state index contributed by atoms with van der Waals surface area (Å²) >= 11 is 0. The quantitative estimate of drug-likeness (QED) is 0.786. The number of aryl methyl sites for hydroxylation is 2. The monoisotopic (exact) mass is 341 g/mol. The molecule has 25 heavy (non-hydrogen) atoms. The Bertz CT molecular complexity index is 708. The van der Waals surface area contributed by atoms with E-state index in [1.165, 1.54) is 19.3 Å². The molecule has 0 saturated carbocycles. The van der Waals surface area contributed by atoms with Gasteiger partial charge in [-0.2, -0.15) is 0 Å². The van der Waals surface area contributed by atoms with E-state index in [-0.39, 0.29) is 5.91 Å². The van der Waals surface area contributed by atoms with Gasteiger partial charge in [0.15, 0.2) is 0 Å². The van der Waals surface area contributed by atoms with Gasteiger partial charge in [-0.05, 0) is 31.7 Å². The maximum absolute atomic E-state index is 12.4. The van der Waals surface area contributed by atoms with Gasteiger partial charge in [-0.1, -0.05) is 36.8 Å². The second kappa shape index (κ2) is 7.78. The van der Waals surface area contributed by atoms with Crippen LogP contribution in [0.25, 0.3) is 0 Å². The lowest BCUT2D eigenvalue weighted by atomic mass is 9.92. The molecule has 1 unspecified atom stereocenters. The fourth-order valence-corrected chi connectivity index (χ4v) is 3.28. The van der Waals surface area contributed by atoms with Crippen molar-refractivity contribution in [1.82, 2.24) is 20.1 Å². The summed E-state index contributed by atoms with van der Waals surface area (Å²) in [4.78, 5) is 12.4. The van der Waals surface area contributed by atoms with E-state index in [1.807, 2.05) is 30.3 Å². The standard InChI is InChI=1S/C19H27N5O/c1-19(20,15-9-4-2-5-10-15)18(25)21-13-8-12-17-23-22-16-11-6-3-7-14-24(16)17/h2,4-5,9-10H,3,6-8,11-14,20H2,1H3,(H,21,25). The van der Waals surface area contributed by atoms with Crippen molar-refractivity contribution in [2.24, 2.45) is 5.73 Å². The molecule has 3 N–H and O–H groups in total. The zero-order valence-electron chi connectivity index (χ0n) is 14.9. The Hall–Kier alpha value is -2.21. The van der Waals surface area contributed by atoms with Gasteiger partial charge in [0.2, 0.25) is 5.91 Å². The number of nitrogens with one attached hydrogen (secondary N) is 1. The number of carbonyl (C=O) groups is 1. The average molecular weight is 341 g/mol. The molecule has 0 bridgehead atoms. The first kappa shape index (κ1) is 17.6. The van der Waals surface area contributed by atoms with Crippen LogP contribution in [0.4, 0.5) is 0 Å². The number of hydrogen-bond donors (Lipinski definition) is 2. The van der Waals surface area contributed by atoms with Crippen LogP contribution >= 0.6 is 0 Å². The summed E-state index contributed by atoms with van der Waals surface area (Å²) in [5.74, 6) is 1.98. The van der Waals surface area contributed by atoms with Crippen molar-refractivity contribution < 1.29 is 4.79 Å². The molecule has 134 valence electrons. The number of carbonyl (C=O) groups excluding carboxylic acids is 1. The van der Waals surface area contributed by atoms with E-state index in [4.69, 9.17) is 5.73 Å². The van der Waals surface area contributed by atoms with Crippen LogP contribution in [0.1, 0.15) is 49.8 Å². The molecule has 1 aromatic heterocycles. The third-order valence-electron chi connectivity index (χ3n) is 4.89. The Labute approximate surface area is 148 Å². The van der Waals surface area contributed by atoms with E-state index in [2.05, 4.69) is 20.1 Å². The number of nitrogens with two attached hydrogens (primary N) is 1. The Kier molecular flexibility index (Phi) is 5.48. The largest absolute Gasteiger partial charge is 0.354 e. The number of aromatic nitrogens is 3. The first-order valence-corrected chi connectivity index (χ1v) is 9.12. The minimum atomic E-state index is -1.02. The maximum atomic E-state index is 12.4. The van der Waals surface area contributed by atoms with Crippen LogP contribution in [0.3, 0.4) is 0 Å². The maximum Gasteiger partial charge on any atom is 0.244 e. The van der Waals surface area contributed by atoms with Crippen molar-refractivity contribution in [3.05, 3.63) is 47.5 Å². The van der Waals surface area contributed by atoms with Crippen LogP contribution in [0.5, 0.6) is 0 Å². The molecule has 0 fully saturated rings. The summed E-state index contributed by atoms with van der Waals surface area (Å²) in [5.41, 5.74) is 6.02. The predicted molar refractivity (Wildman–Crippen MR) is 96.9 cm³/mol. The Morgan fingerprint density at radius 2 is 2.04 bits per heavy atom. The number of rotatable bonds is 6. The zero-order chi connectivity index (χ0) is 17.7. The Balaban J connectivity index is 1.50. The lowest BCUT2D eigenvalue weighted by molar-refractivity contribution is -0.126. The fraction of sp³-hybridized carbons (Fsp3) is 0.526. The molecule has 1 aliphatic rings. The van der Waals surface area contributed by atoms with Crippen LogP contribution < -0.4 is 11.1 Å². The summed E-state index contributed by atoms with van der Waals surface area (Å²) in [5, 5.41) is 11.6. The van der Waals surface area contributed by atoms with Crippen LogP contribution in [-0.2, 0) is 29.7 Å². The summed E-state index contributed by atoms with van der Waals surface area (Å²) in [6, 6.07) is 9.46. The lowest BCUT2D eigenvalue weighted by Gasteiger charge is -2.24. The van der Waals surface area contributed by atoms with Gasteiger partial charge in [0.1, 0.15) is 17.2 Å². The lowest BCUT2D eigenvalue weighted by Crippen LogP contribution is -2.49. The predicted octanol–water partition coefficient (Wildman–Crippen LogP) is 1.93. The van der Waals surface area contributed by atoms with Crippen molar-refractivity contribution in [2.75, 3.05) is 6.54 Å². The third-order valence-corrected chi connectivity index (χ3v) is 4.89. The molecule has 0 aliphatic carbocycles. The molecule has 1 aromatic carbocycles. The highest BCUT2D eigenvalue weighted by atomic mass is 16.2. The molecule has 1 atom stereocenters. The SMILES string of the molecule is CC(N)(C(=O)NCCCc1nnc2n1CCCCC2)c1ccccc1. The molecule has 0 radical (unpaired) electrons. The van der Waals surface area contributed by atoms with Crippen LogP contribution in [0.15, 0.2) is 30.3 Å². The highest BCUT2D eigenvalue weighted by molar-refractivity contribution is 5.86. The molecule has 1 amide bonds. The molecule has 2 aromatic rings. The van der Waals surface area contributed by atoms with Crippen molar-refractivity contribution in [3.63, 3.8) is 0 Å². The van der Waals surface area contributed by atoms with E-state index in [1.54, 1.807) is 6.92 Å². The number of fused-ring (bicyclic) bond motifs is 1. The molecule has 2 heterocycles. The molecule has 6 nitrogen and oxygen atoms in total. The molecule has 1 aliphatic heterocycles. The second-order valence-electron chi connectivity index (χ2n) is 6.92. The van der Waals surface area contributed by atoms with Gasteiger partial charge in [0, 0.05) is 25.9 Å². The summed E-state index contributed by atoms with van der Waals surface area (Å²) < 4.78 is 2.26. The number of hydrogen-bond acceptors (Lipinski definition) is 4. The van der Waals surface area contributed by atoms with Crippen molar-refractivity contribution in [2.45, 2.75) is 57.5 Å². The zero-order valence-corrected chi connectivity index (χ0v) is 14.9. The molecular formula is C19H27N5O. The topological polar surface area (TPSA) is 85.8 Å².